The molecule has 1 heterocycles. The van der Waals surface area contributed by atoms with Gasteiger partial charge >= 0.3 is 0 Å². The fourth-order valence-electron chi connectivity index (χ4n) is 3.30. The summed E-state index contributed by atoms with van der Waals surface area (Å²) in [6.07, 6.45) is 3.69. The normalized spacial score (nSPS) is 17.2. The fraction of sp³-hybridized carbons (Fsp3) is 0.286. The topological polar surface area (TPSA) is 47.8 Å². The van der Waals surface area contributed by atoms with Crippen LogP contribution in [0.1, 0.15) is 31.2 Å². The first-order valence-corrected chi connectivity index (χ1v) is 10.4. The summed E-state index contributed by atoms with van der Waals surface area (Å²) >= 11 is 7.59. The van der Waals surface area contributed by atoms with Crippen LogP contribution in [0.5, 0.6) is 0 Å². The summed E-state index contributed by atoms with van der Waals surface area (Å²) in [5, 5.41) is 10.3. The van der Waals surface area contributed by atoms with Crippen LogP contribution in [0.2, 0.25) is 5.02 Å². The second-order valence-corrected chi connectivity index (χ2v) is 8.31. The highest BCUT2D eigenvalue weighted by atomic mass is 35.5. The minimum atomic E-state index is -0.0180. The molecule has 4 nitrogen and oxygen atoms in total. The van der Waals surface area contributed by atoms with Gasteiger partial charge in [-0.3, -0.25) is 9.36 Å². The highest BCUT2D eigenvalue weighted by Gasteiger charge is 2.26. The van der Waals surface area contributed by atoms with Gasteiger partial charge in [-0.2, -0.15) is 0 Å². The minimum Gasteiger partial charge on any atom is -0.298 e. The Morgan fingerprint density at radius 3 is 2.56 bits per heavy atom. The van der Waals surface area contributed by atoms with E-state index in [1.807, 2.05) is 42.5 Å². The molecule has 0 bridgehead atoms. The molecule has 2 aromatic carbocycles. The van der Waals surface area contributed by atoms with Gasteiger partial charge in [0.25, 0.3) is 0 Å². The van der Waals surface area contributed by atoms with Gasteiger partial charge in [-0.05, 0) is 42.7 Å². The van der Waals surface area contributed by atoms with Crippen molar-refractivity contribution in [1.82, 2.24) is 14.8 Å². The van der Waals surface area contributed by atoms with E-state index in [2.05, 4.69) is 26.9 Å². The molecule has 0 unspecified atom stereocenters. The number of benzene rings is 2. The third kappa shape index (κ3) is 4.25. The summed E-state index contributed by atoms with van der Waals surface area (Å²) < 4.78 is 2.10. The first-order valence-electron chi connectivity index (χ1n) is 9.13. The number of carbonyl (C=O) groups is 1. The molecule has 0 aliphatic heterocycles. The third-order valence-corrected chi connectivity index (χ3v) is 6.30. The average molecular weight is 398 g/mol. The maximum atomic E-state index is 12.3. The van der Waals surface area contributed by atoms with Crippen molar-refractivity contribution in [2.75, 3.05) is 0 Å². The van der Waals surface area contributed by atoms with Crippen molar-refractivity contribution < 1.29 is 4.79 Å². The lowest BCUT2D eigenvalue weighted by atomic mass is 9.99. The van der Waals surface area contributed by atoms with Crippen molar-refractivity contribution in [1.29, 1.82) is 0 Å². The molecule has 1 aliphatic rings. The molecule has 0 saturated heterocycles. The van der Waals surface area contributed by atoms with Gasteiger partial charge in [0, 0.05) is 17.0 Å². The third-order valence-electron chi connectivity index (χ3n) is 4.75. The minimum absolute atomic E-state index is 0.0180. The second-order valence-electron chi connectivity index (χ2n) is 6.70. The van der Waals surface area contributed by atoms with Gasteiger partial charge in [0.05, 0.1) is 11.8 Å². The number of halogens is 1. The molecule has 1 atom stereocenters. The molecule has 1 aromatic heterocycles. The van der Waals surface area contributed by atoms with Crippen molar-refractivity contribution >= 4 is 29.1 Å². The number of nitrogens with zero attached hydrogens (tertiary/aromatic N) is 3. The number of hydrogen-bond donors (Lipinski definition) is 0. The number of aromatic nitrogens is 3. The Bertz CT molecular complexity index is 924. The molecule has 6 heteroatoms. The molecular formula is C21H20ClN3OS. The molecule has 0 radical (unpaired) electrons. The van der Waals surface area contributed by atoms with Gasteiger partial charge in [0.2, 0.25) is 0 Å². The summed E-state index contributed by atoms with van der Waals surface area (Å²) in [6.45, 7) is 0.662. The average Bonchev–Trinajstić information content (AvgIpc) is 3.07. The molecule has 0 N–H and O–H groups in total. The lowest BCUT2D eigenvalue weighted by Crippen LogP contribution is -2.22. The van der Waals surface area contributed by atoms with E-state index in [0.29, 0.717) is 23.8 Å². The van der Waals surface area contributed by atoms with Crippen molar-refractivity contribution in [3.05, 3.63) is 65.2 Å². The van der Waals surface area contributed by atoms with E-state index in [9.17, 15) is 4.79 Å². The molecule has 27 heavy (non-hydrogen) atoms. The SMILES string of the molecule is O=C1CCCC[C@H]1Sc1nnc(-c2ccc(Cl)cc2)n1Cc1ccccc1. The van der Waals surface area contributed by atoms with Crippen molar-refractivity contribution in [2.24, 2.45) is 0 Å². The van der Waals surface area contributed by atoms with Crippen LogP contribution in [0.3, 0.4) is 0 Å². The number of Topliss-reactive ketones (excluding diaryl/α,β-unsaturated/α-hetero) is 1. The fourth-order valence-corrected chi connectivity index (χ4v) is 4.58. The molecule has 4 rings (SSSR count). The zero-order valence-electron chi connectivity index (χ0n) is 14.8. The lowest BCUT2D eigenvalue weighted by molar-refractivity contribution is -0.119. The maximum absolute atomic E-state index is 12.3. The van der Waals surface area contributed by atoms with Crippen molar-refractivity contribution in [2.45, 2.75) is 42.6 Å². The predicted octanol–water partition coefficient (Wildman–Crippen LogP) is 5.25. The summed E-state index contributed by atoms with van der Waals surface area (Å²) in [7, 11) is 0. The van der Waals surface area contributed by atoms with Crippen LogP contribution < -0.4 is 0 Å². The van der Waals surface area contributed by atoms with Gasteiger partial charge in [0.15, 0.2) is 11.0 Å². The summed E-state index contributed by atoms with van der Waals surface area (Å²) in [4.78, 5) is 12.3. The molecule has 3 aromatic rings. The molecule has 1 aliphatic carbocycles. The van der Waals surface area contributed by atoms with E-state index >= 15 is 0 Å². The van der Waals surface area contributed by atoms with Gasteiger partial charge in [-0.25, -0.2) is 0 Å². The van der Waals surface area contributed by atoms with Crippen molar-refractivity contribution in [3.8, 4) is 11.4 Å². The van der Waals surface area contributed by atoms with E-state index in [4.69, 9.17) is 11.6 Å². The first-order chi connectivity index (χ1) is 13.2. The predicted molar refractivity (Wildman–Crippen MR) is 109 cm³/mol. The van der Waals surface area contributed by atoms with Crippen molar-refractivity contribution in [3.63, 3.8) is 0 Å². The molecular weight excluding hydrogens is 378 g/mol. The monoisotopic (exact) mass is 397 g/mol. The maximum Gasteiger partial charge on any atom is 0.192 e. The summed E-state index contributed by atoms with van der Waals surface area (Å²) in [5.74, 6) is 1.12. The standard InChI is InChI=1S/C21H20ClN3OS/c22-17-12-10-16(11-13-17)20-23-24-21(27-19-9-5-4-8-18(19)26)25(20)14-15-6-2-1-3-7-15/h1-3,6-7,10-13,19H,4-5,8-9,14H2/t19-/m1/s1. The van der Waals surface area contributed by atoms with Crippen LogP contribution in [0, 0.1) is 0 Å². The van der Waals surface area contributed by atoms with Crippen LogP contribution in [-0.2, 0) is 11.3 Å². The zero-order valence-corrected chi connectivity index (χ0v) is 16.4. The van der Waals surface area contributed by atoms with Crippen LogP contribution in [0.25, 0.3) is 11.4 Å². The number of carbonyl (C=O) groups excluding carboxylic acids is 1. The Morgan fingerprint density at radius 1 is 1.04 bits per heavy atom. The highest BCUT2D eigenvalue weighted by molar-refractivity contribution is 8.00. The molecule has 0 spiro atoms. The van der Waals surface area contributed by atoms with E-state index in [1.165, 1.54) is 5.56 Å². The molecule has 0 amide bonds. The quantitative estimate of drug-likeness (QED) is 0.589. The molecule has 1 saturated carbocycles. The summed E-state index contributed by atoms with van der Waals surface area (Å²) in [5.41, 5.74) is 2.13. The van der Waals surface area contributed by atoms with E-state index in [-0.39, 0.29) is 5.25 Å². The van der Waals surface area contributed by atoms with Crippen LogP contribution >= 0.6 is 23.4 Å². The Labute approximate surface area is 168 Å². The van der Waals surface area contributed by atoms with Gasteiger partial charge in [-0.15, -0.1) is 10.2 Å². The van der Waals surface area contributed by atoms with E-state index in [1.54, 1.807) is 11.8 Å². The Hall–Kier alpha value is -2.11. The highest BCUT2D eigenvalue weighted by Crippen LogP contribution is 2.33. The largest absolute Gasteiger partial charge is 0.298 e. The molecule has 138 valence electrons. The van der Waals surface area contributed by atoms with Crippen LogP contribution in [0.15, 0.2) is 59.8 Å². The van der Waals surface area contributed by atoms with Crippen LogP contribution in [0.4, 0.5) is 0 Å². The number of ketones is 1. The first kappa shape index (κ1) is 18.3. The van der Waals surface area contributed by atoms with E-state index in [0.717, 1.165) is 35.8 Å². The number of hydrogen-bond acceptors (Lipinski definition) is 4. The zero-order chi connectivity index (χ0) is 18.6. The van der Waals surface area contributed by atoms with Gasteiger partial charge in [-0.1, -0.05) is 60.1 Å². The Morgan fingerprint density at radius 2 is 1.81 bits per heavy atom. The summed E-state index contributed by atoms with van der Waals surface area (Å²) in [6, 6.07) is 17.9. The molecule has 1 fully saturated rings. The second kappa shape index (κ2) is 8.28. The van der Waals surface area contributed by atoms with E-state index < -0.39 is 0 Å². The lowest BCUT2D eigenvalue weighted by Gasteiger charge is -2.20. The smallest absolute Gasteiger partial charge is 0.192 e. The van der Waals surface area contributed by atoms with Gasteiger partial charge < -0.3 is 0 Å². The number of rotatable bonds is 5. The number of thioether (sulfide) groups is 1. The van der Waals surface area contributed by atoms with Gasteiger partial charge in [0.1, 0.15) is 5.78 Å². The van der Waals surface area contributed by atoms with Crippen LogP contribution in [-0.4, -0.2) is 25.8 Å². The Balaban J connectivity index is 1.69. The Kier molecular flexibility index (Phi) is 5.60.